The van der Waals surface area contributed by atoms with Crippen molar-refractivity contribution in [3.63, 3.8) is 0 Å². The molecular weight excluding hydrogens is 372 g/mol. The number of ether oxygens (including phenoxy) is 1. The average molecular weight is 389 g/mol. The zero-order chi connectivity index (χ0) is 19.6. The Morgan fingerprint density at radius 1 is 1.30 bits per heavy atom. The Hall–Kier alpha value is -2.93. The molecule has 27 heavy (non-hydrogen) atoms. The van der Waals surface area contributed by atoms with E-state index in [2.05, 4.69) is 0 Å². The number of nitro benzene ring substituents is 1. The van der Waals surface area contributed by atoms with Crippen LogP contribution in [0.1, 0.15) is 29.3 Å². The molecule has 0 aromatic heterocycles. The van der Waals surface area contributed by atoms with E-state index in [9.17, 15) is 19.7 Å². The van der Waals surface area contributed by atoms with Gasteiger partial charge in [-0.15, -0.1) is 0 Å². The van der Waals surface area contributed by atoms with E-state index in [1.54, 1.807) is 4.90 Å². The number of carbonyl (C=O) groups is 2. The predicted octanol–water partition coefficient (Wildman–Crippen LogP) is 3.77. The summed E-state index contributed by atoms with van der Waals surface area (Å²) < 4.78 is 5.06. The van der Waals surface area contributed by atoms with Crippen molar-refractivity contribution in [1.82, 2.24) is 0 Å². The monoisotopic (exact) mass is 388 g/mol. The van der Waals surface area contributed by atoms with Crippen molar-refractivity contribution >= 4 is 34.9 Å². The van der Waals surface area contributed by atoms with E-state index in [1.807, 2.05) is 31.2 Å². The van der Waals surface area contributed by atoms with Gasteiger partial charge in [-0.1, -0.05) is 29.8 Å². The second kappa shape index (κ2) is 7.75. The highest BCUT2D eigenvalue weighted by atomic mass is 35.5. The van der Waals surface area contributed by atoms with Crippen molar-refractivity contribution < 1.29 is 19.2 Å². The predicted molar refractivity (Wildman–Crippen MR) is 100 cm³/mol. The summed E-state index contributed by atoms with van der Waals surface area (Å²) in [7, 11) is 0. The molecule has 140 valence electrons. The van der Waals surface area contributed by atoms with Crippen LogP contribution < -0.4 is 4.90 Å². The Balaban J connectivity index is 1.75. The molecule has 0 spiro atoms. The van der Waals surface area contributed by atoms with Gasteiger partial charge in [-0.3, -0.25) is 14.9 Å². The Morgan fingerprint density at radius 3 is 2.78 bits per heavy atom. The van der Waals surface area contributed by atoms with Crippen LogP contribution >= 0.6 is 11.6 Å². The Kier molecular flexibility index (Phi) is 5.41. The highest BCUT2D eigenvalue weighted by Crippen LogP contribution is 2.30. The maximum atomic E-state index is 12.7. The van der Waals surface area contributed by atoms with Crippen molar-refractivity contribution in [1.29, 1.82) is 0 Å². The topological polar surface area (TPSA) is 89.8 Å². The average Bonchev–Trinajstić information content (AvgIpc) is 2.65. The summed E-state index contributed by atoms with van der Waals surface area (Å²) in [6, 6.07) is 11.2. The van der Waals surface area contributed by atoms with Gasteiger partial charge in [0.05, 0.1) is 4.92 Å². The highest BCUT2D eigenvalue weighted by molar-refractivity contribution is 6.31. The molecule has 0 aliphatic carbocycles. The van der Waals surface area contributed by atoms with Gasteiger partial charge in [0.25, 0.3) is 11.6 Å². The number of hydrogen-bond donors (Lipinski definition) is 0. The maximum absolute atomic E-state index is 12.7. The minimum Gasteiger partial charge on any atom is -0.452 e. The van der Waals surface area contributed by atoms with Gasteiger partial charge in [0.1, 0.15) is 5.56 Å². The first kappa shape index (κ1) is 18.8. The number of nitrogens with zero attached hydrogens (tertiary/aromatic N) is 2. The number of aryl methyl sites for hydroxylation is 1. The van der Waals surface area contributed by atoms with Crippen LogP contribution in [0.25, 0.3) is 0 Å². The molecule has 0 radical (unpaired) electrons. The lowest BCUT2D eigenvalue weighted by Crippen LogP contribution is -2.44. The lowest BCUT2D eigenvalue weighted by atomic mass is 9.96. The number of amides is 1. The summed E-state index contributed by atoms with van der Waals surface area (Å²) in [6.45, 7) is 1.43. The van der Waals surface area contributed by atoms with Gasteiger partial charge < -0.3 is 9.64 Å². The molecule has 1 aliphatic rings. The van der Waals surface area contributed by atoms with Crippen molar-refractivity contribution in [2.24, 2.45) is 0 Å². The molecule has 1 amide bonds. The van der Waals surface area contributed by atoms with Gasteiger partial charge in [-0.25, -0.2) is 4.79 Å². The van der Waals surface area contributed by atoms with Gasteiger partial charge in [0, 0.05) is 22.8 Å². The number of halogens is 1. The molecule has 0 fully saturated rings. The molecule has 8 heteroatoms. The largest absolute Gasteiger partial charge is 0.452 e. The number of para-hydroxylation sites is 1. The summed E-state index contributed by atoms with van der Waals surface area (Å²) in [5.41, 5.74) is 1.15. The first-order valence-corrected chi connectivity index (χ1v) is 8.77. The van der Waals surface area contributed by atoms with Crippen molar-refractivity contribution in [2.75, 3.05) is 11.5 Å². The molecule has 7 nitrogen and oxygen atoms in total. The lowest BCUT2D eigenvalue weighted by molar-refractivity contribution is -0.385. The first-order valence-electron chi connectivity index (χ1n) is 8.39. The molecule has 2 aromatic rings. The van der Waals surface area contributed by atoms with Gasteiger partial charge >= 0.3 is 5.97 Å². The second-order valence-electron chi connectivity index (χ2n) is 6.27. The van der Waals surface area contributed by atoms with Crippen molar-refractivity contribution in [2.45, 2.75) is 25.8 Å². The van der Waals surface area contributed by atoms with Crippen molar-refractivity contribution in [3.8, 4) is 0 Å². The van der Waals surface area contributed by atoms with Crippen LogP contribution in [0.4, 0.5) is 11.4 Å². The first-order chi connectivity index (χ1) is 12.9. The molecule has 0 bridgehead atoms. The lowest BCUT2D eigenvalue weighted by Gasteiger charge is -2.35. The summed E-state index contributed by atoms with van der Waals surface area (Å²) >= 11 is 5.74. The van der Waals surface area contributed by atoms with Crippen LogP contribution in [0.15, 0.2) is 42.5 Å². The molecule has 1 aliphatic heterocycles. The number of anilines is 1. The van der Waals surface area contributed by atoms with Crippen LogP contribution in [0.2, 0.25) is 5.02 Å². The number of benzene rings is 2. The maximum Gasteiger partial charge on any atom is 0.345 e. The molecule has 2 aromatic carbocycles. The number of nitro groups is 1. The minimum absolute atomic E-state index is 0.0315. The molecule has 3 rings (SSSR count). The summed E-state index contributed by atoms with van der Waals surface area (Å²) in [4.78, 5) is 36.9. The summed E-state index contributed by atoms with van der Waals surface area (Å²) in [5.74, 6) is -1.32. The van der Waals surface area contributed by atoms with Crippen molar-refractivity contribution in [3.05, 3.63) is 68.7 Å². The third-order valence-electron chi connectivity index (χ3n) is 4.50. The molecular formula is C19H17ClN2O5. The van der Waals surface area contributed by atoms with Crippen LogP contribution in [0, 0.1) is 10.1 Å². The summed E-state index contributed by atoms with van der Waals surface area (Å²) in [5, 5.41) is 11.2. The zero-order valence-electron chi connectivity index (χ0n) is 14.6. The van der Waals surface area contributed by atoms with E-state index >= 15 is 0 Å². The molecule has 1 unspecified atom stereocenters. The van der Waals surface area contributed by atoms with E-state index in [0.717, 1.165) is 30.2 Å². The normalized spacial score (nSPS) is 15.8. The van der Waals surface area contributed by atoms with E-state index in [1.165, 1.54) is 12.1 Å². The number of hydrogen-bond acceptors (Lipinski definition) is 5. The molecule has 0 saturated carbocycles. The Morgan fingerprint density at radius 2 is 2.04 bits per heavy atom. The molecule has 1 heterocycles. The van der Waals surface area contributed by atoms with Gasteiger partial charge in [0.2, 0.25) is 0 Å². The number of fused-ring (bicyclic) bond motifs is 1. The quantitative estimate of drug-likeness (QED) is 0.451. The molecule has 1 atom stereocenters. The Labute approximate surface area is 160 Å². The molecule has 0 saturated heterocycles. The van der Waals surface area contributed by atoms with E-state index < -0.39 is 23.2 Å². The molecule has 0 N–H and O–H groups in total. The summed E-state index contributed by atoms with van der Waals surface area (Å²) in [6.07, 6.45) is 1.68. The third kappa shape index (κ3) is 3.93. The standard InChI is InChI=1S/C19H17ClN2O5/c1-12-6-7-13-4-2-3-5-16(13)21(12)18(23)11-27-19(24)15-9-8-14(20)10-17(15)22(25)26/h2-5,8-10,12H,6-7,11H2,1H3. The number of esters is 1. The Bertz CT molecular complexity index is 915. The fourth-order valence-electron chi connectivity index (χ4n) is 3.17. The fourth-order valence-corrected chi connectivity index (χ4v) is 3.34. The smallest absolute Gasteiger partial charge is 0.345 e. The SMILES string of the molecule is CC1CCc2ccccc2N1C(=O)COC(=O)c1ccc(Cl)cc1[N+](=O)[O-]. The van der Waals surface area contributed by atoms with Crippen LogP contribution in [0.5, 0.6) is 0 Å². The van der Waals surface area contributed by atoms with E-state index in [-0.39, 0.29) is 22.5 Å². The van der Waals surface area contributed by atoms with Crippen LogP contribution in [0.3, 0.4) is 0 Å². The number of carbonyl (C=O) groups excluding carboxylic acids is 2. The second-order valence-corrected chi connectivity index (χ2v) is 6.71. The third-order valence-corrected chi connectivity index (χ3v) is 4.73. The minimum atomic E-state index is -0.940. The van der Waals surface area contributed by atoms with E-state index in [4.69, 9.17) is 16.3 Å². The van der Waals surface area contributed by atoms with Gasteiger partial charge in [0.15, 0.2) is 6.61 Å². The van der Waals surface area contributed by atoms with Crippen LogP contribution in [-0.2, 0) is 16.0 Å². The zero-order valence-corrected chi connectivity index (χ0v) is 15.3. The van der Waals surface area contributed by atoms with Gasteiger partial charge in [-0.2, -0.15) is 0 Å². The number of rotatable bonds is 4. The highest BCUT2D eigenvalue weighted by Gasteiger charge is 2.29. The van der Waals surface area contributed by atoms with Crippen LogP contribution in [-0.4, -0.2) is 29.4 Å². The fraction of sp³-hybridized carbons (Fsp3) is 0.263. The van der Waals surface area contributed by atoms with E-state index in [0.29, 0.717) is 0 Å². The van der Waals surface area contributed by atoms with Gasteiger partial charge in [-0.05, 0) is 43.5 Å².